The Morgan fingerprint density at radius 2 is 1.00 bits per heavy atom. The molecule has 218 valence electrons. The second-order valence-corrected chi connectivity index (χ2v) is 10.3. The minimum absolute atomic E-state index is 0.186. The van der Waals surface area contributed by atoms with Crippen molar-refractivity contribution in [2.75, 3.05) is 117 Å². The van der Waals surface area contributed by atoms with Gasteiger partial charge in [-0.3, -0.25) is 19.3 Å². The molecule has 0 rings (SSSR count). The van der Waals surface area contributed by atoms with Crippen LogP contribution in [0.25, 0.3) is 0 Å². The van der Waals surface area contributed by atoms with Crippen LogP contribution in [0.1, 0.15) is 19.3 Å². The topological polar surface area (TPSA) is 93.1 Å². The Bertz CT molecular complexity index is 540. The third-order valence-corrected chi connectivity index (χ3v) is 6.21. The van der Waals surface area contributed by atoms with Crippen molar-refractivity contribution in [3.05, 3.63) is 0 Å². The molecule has 0 spiro atoms. The smallest absolute Gasteiger partial charge is 0.311 e. The van der Waals surface area contributed by atoms with Crippen LogP contribution in [0.5, 0.6) is 0 Å². The second-order valence-electron chi connectivity index (χ2n) is 8.99. The highest BCUT2D eigenvalue weighted by molar-refractivity contribution is 7.80. The van der Waals surface area contributed by atoms with Gasteiger partial charge in [-0.15, -0.1) is 0 Å². The monoisotopic (exact) mass is 585 g/mol. The third kappa shape index (κ3) is 22.9. The van der Waals surface area contributed by atoms with Gasteiger partial charge in [-0.1, -0.05) is 0 Å². The van der Waals surface area contributed by atoms with Gasteiger partial charge in [0, 0.05) is 63.1 Å². The van der Waals surface area contributed by atoms with E-state index in [2.05, 4.69) is 59.6 Å². The lowest BCUT2D eigenvalue weighted by Gasteiger charge is -2.28. The van der Waals surface area contributed by atoms with E-state index in [1.165, 1.54) is 4.90 Å². The fourth-order valence-corrected chi connectivity index (χ4v) is 3.51. The Kier molecular flexibility index (Phi) is 23.9. The molecule has 0 radical (unpaired) electrons. The van der Waals surface area contributed by atoms with Gasteiger partial charge in [0.1, 0.15) is 19.8 Å². The van der Waals surface area contributed by atoms with E-state index in [4.69, 9.17) is 14.2 Å². The zero-order valence-corrected chi connectivity index (χ0v) is 25.5. The van der Waals surface area contributed by atoms with Crippen molar-refractivity contribution in [2.24, 2.45) is 0 Å². The molecule has 13 heteroatoms. The van der Waals surface area contributed by atoms with Crippen LogP contribution in [-0.2, 0) is 28.6 Å². The number of carbonyl (C=O) groups excluding carboxylic acids is 3. The SMILES string of the molecule is CN(CCC(=O)OCCS)CCN(CCN(C)CCC(=O)OCCS)CC[NH+](C)CCC(=O)OCCS. The Hall–Kier alpha value is -0.700. The van der Waals surface area contributed by atoms with Crippen LogP contribution < -0.4 is 4.90 Å². The van der Waals surface area contributed by atoms with Crippen LogP contribution in [0.4, 0.5) is 0 Å². The van der Waals surface area contributed by atoms with Crippen molar-refractivity contribution in [1.29, 1.82) is 0 Å². The van der Waals surface area contributed by atoms with Crippen LogP contribution in [0.2, 0.25) is 0 Å². The van der Waals surface area contributed by atoms with Gasteiger partial charge in [-0.25, -0.2) is 0 Å². The van der Waals surface area contributed by atoms with E-state index < -0.39 is 0 Å². The molecule has 0 aromatic heterocycles. The molecule has 37 heavy (non-hydrogen) atoms. The van der Waals surface area contributed by atoms with Gasteiger partial charge in [0.2, 0.25) is 0 Å². The first-order chi connectivity index (χ1) is 17.7. The largest absolute Gasteiger partial charge is 0.465 e. The van der Waals surface area contributed by atoms with E-state index >= 15 is 0 Å². The lowest BCUT2D eigenvalue weighted by atomic mass is 10.3. The van der Waals surface area contributed by atoms with Gasteiger partial charge in [0.15, 0.2) is 0 Å². The van der Waals surface area contributed by atoms with Gasteiger partial charge < -0.3 is 28.9 Å². The second kappa shape index (κ2) is 24.3. The summed E-state index contributed by atoms with van der Waals surface area (Å²) in [6.07, 6.45) is 1.09. The molecule has 1 N–H and O–H groups in total. The Balaban J connectivity index is 4.61. The zero-order valence-electron chi connectivity index (χ0n) is 22.9. The summed E-state index contributed by atoms with van der Waals surface area (Å²) in [5.74, 6) is 0.981. The van der Waals surface area contributed by atoms with E-state index in [9.17, 15) is 14.4 Å². The minimum Gasteiger partial charge on any atom is -0.465 e. The van der Waals surface area contributed by atoms with E-state index in [1.807, 2.05) is 14.1 Å². The van der Waals surface area contributed by atoms with Crippen molar-refractivity contribution in [3.8, 4) is 0 Å². The number of ether oxygens (including phenoxy) is 3. The fourth-order valence-electron chi connectivity index (χ4n) is 3.23. The average Bonchev–Trinajstić information content (AvgIpc) is 2.89. The summed E-state index contributed by atoms with van der Waals surface area (Å²) in [4.78, 5) is 43.2. The first-order valence-corrected chi connectivity index (χ1v) is 14.8. The molecule has 0 saturated carbocycles. The molecule has 1 atom stereocenters. The summed E-state index contributed by atoms with van der Waals surface area (Å²) in [6, 6.07) is 0. The lowest BCUT2D eigenvalue weighted by molar-refractivity contribution is -0.878. The maximum Gasteiger partial charge on any atom is 0.311 e. The van der Waals surface area contributed by atoms with Gasteiger partial charge in [-0.2, -0.15) is 37.9 Å². The highest BCUT2D eigenvalue weighted by atomic mass is 32.1. The van der Waals surface area contributed by atoms with E-state index in [-0.39, 0.29) is 17.9 Å². The lowest BCUT2D eigenvalue weighted by Crippen LogP contribution is -3.09. The average molecular weight is 586 g/mol. The summed E-state index contributed by atoms with van der Waals surface area (Å²) in [7, 11) is 6.08. The van der Waals surface area contributed by atoms with Crippen LogP contribution in [0, 0.1) is 0 Å². The summed E-state index contributed by atoms with van der Waals surface area (Å²) < 4.78 is 15.3. The van der Waals surface area contributed by atoms with Crippen molar-refractivity contribution in [1.82, 2.24) is 14.7 Å². The normalized spacial score (nSPS) is 12.2. The maximum absolute atomic E-state index is 11.8. The third-order valence-electron chi connectivity index (χ3n) is 5.66. The van der Waals surface area contributed by atoms with Gasteiger partial charge in [-0.05, 0) is 14.1 Å². The molecule has 0 heterocycles. The molecule has 0 amide bonds. The Morgan fingerprint density at radius 3 is 1.41 bits per heavy atom. The number of quaternary nitrogens is 1. The number of esters is 3. The number of rotatable bonds is 24. The number of hydrogen-bond acceptors (Lipinski definition) is 12. The molecular formula is C24H49N4O6S3+. The van der Waals surface area contributed by atoms with E-state index in [1.54, 1.807) is 0 Å². The number of nitrogens with zero attached hydrogens (tertiary/aromatic N) is 3. The Morgan fingerprint density at radius 1 is 0.595 bits per heavy atom. The number of nitrogens with one attached hydrogen (secondary N) is 1. The van der Waals surface area contributed by atoms with Crippen molar-refractivity contribution >= 4 is 55.8 Å². The molecule has 0 aromatic carbocycles. The van der Waals surface area contributed by atoms with Crippen molar-refractivity contribution in [3.63, 3.8) is 0 Å². The van der Waals surface area contributed by atoms with E-state index in [0.29, 0.717) is 76.0 Å². The first kappa shape index (κ1) is 36.3. The fraction of sp³-hybridized carbons (Fsp3) is 0.875. The Labute approximate surface area is 239 Å². The minimum atomic E-state index is -0.203. The quantitative estimate of drug-likeness (QED) is 0.0664. The molecule has 10 nitrogen and oxygen atoms in total. The molecule has 0 fully saturated rings. The molecule has 0 saturated heterocycles. The summed E-state index contributed by atoms with van der Waals surface area (Å²) >= 11 is 12.2. The van der Waals surface area contributed by atoms with Crippen molar-refractivity contribution < 1.29 is 33.5 Å². The molecule has 0 bridgehead atoms. The molecule has 1 unspecified atom stereocenters. The number of hydrogen-bond donors (Lipinski definition) is 4. The molecule has 0 aromatic rings. The zero-order chi connectivity index (χ0) is 27.9. The first-order valence-electron chi connectivity index (χ1n) is 12.9. The van der Waals surface area contributed by atoms with Gasteiger partial charge >= 0.3 is 17.9 Å². The van der Waals surface area contributed by atoms with E-state index in [0.717, 1.165) is 39.3 Å². The van der Waals surface area contributed by atoms with Gasteiger partial charge in [0.25, 0.3) is 0 Å². The molecule has 0 aliphatic heterocycles. The van der Waals surface area contributed by atoms with Crippen LogP contribution in [-0.4, -0.2) is 150 Å². The summed E-state index contributed by atoms with van der Waals surface area (Å²) in [5.41, 5.74) is 0. The number of carbonyl (C=O) groups is 3. The molecule has 0 aliphatic carbocycles. The molecular weight excluding hydrogens is 536 g/mol. The highest BCUT2D eigenvalue weighted by Gasteiger charge is 2.14. The summed E-state index contributed by atoms with van der Waals surface area (Å²) in [6.45, 7) is 8.06. The maximum atomic E-state index is 11.8. The van der Waals surface area contributed by atoms with Crippen LogP contribution >= 0.6 is 37.9 Å². The number of likely N-dealkylation sites (N-methyl/N-ethyl adjacent to an activating group) is 3. The summed E-state index contributed by atoms with van der Waals surface area (Å²) in [5, 5.41) is 0. The standard InChI is InChI=1S/C24H48N4O6S3/c1-25(7-4-22(29)32-16-19-35)10-13-28(14-11-26(2)8-5-23(30)33-17-20-36)15-12-27(3)9-6-24(31)34-18-21-37/h35-37H,4-21H2,1-3H3/p+1. The predicted octanol–water partition coefficient (Wildman–Crippen LogP) is -0.744. The van der Waals surface area contributed by atoms with Crippen LogP contribution in [0.15, 0.2) is 0 Å². The van der Waals surface area contributed by atoms with Gasteiger partial charge in [0.05, 0.1) is 39.4 Å². The number of thiol groups is 3. The molecule has 0 aliphatic rings. The highest BCUT2D eigenvalue weighted by Crippen LogP contribution is 1.97. The van der Waals surface area contributed by atoms with Crippen molar-refractivity contribution in [2.45, 2.75) is 19.3 Å². The van der Waals surface area contributed by atoms with Crippen LogP contribution in [0.3, 0.4) is 0 Å². The predicted molar refractivity (Wildman–Crippen MR) is 156 cm³/mol.